The standard InChI is InChI=1S/C19H23Cl2FN2O2/c1-23-7-4-8-24-11-13-9-18(25-2)19(10-16(13)21)26-12-14-15(20)5-3-6-17(14)22/h3,5-6,9-10,23-24H,4,7-8,11-12H2,1-2H3. The first-order valence-corrected chi connectivity index (χ1v) is 9.09. The van der Waals surface area contributed by atoms with Crippen LogP contribution in [-0.2, 0) is 13.2 Å². The van der Waals surface area contributed by atoms with Crippen LogP contribution in [0.5, 0.6) is 11.5 Å². The molecule has 0 unspecified atom stereocenters. The third-order valence-corrected chi connectivity index (χ3v) is 4.57. The van der Waals surface area contributed by atoms with Gasteiger partial charge in [-0.1, -0.05) is 29.3 Å². The molecule has 142 valence electrons. The molecule has 4 nitrogen and oxygen atoms in total. The van der Waals surface area contributed by atoms with Crippen molar-refractivity contribution in [3.8, 4) is 11.5 Å². The molecule has 0 aliphatic heterocycles. The molecule has 2 aromatic rings. The molecular formula is C19H23Cl2FN2O2. The van der Waals surface area contributed by atoms with Gasteiger partial charge in [0, 0.05) is 23.2 Å². The van der Waals surface area contributed by atoms with E-state index in [1.165, 1.54) is 6.07 Å². The molecule has 7 heteroatoms. The number of nitrogens with one attached hydrogen (secondary N) is 2. The highest BCUT2D eigenvalue weighted by molar-refractivity contribution is 6.31. The van der Waals surface area contributed by atoms with Crippen molar-refractivity contribution in [2.24, 2.45) is 0 Å². The van der Waals surface area contributed by atoms with E-state index in [9.17, 15) is 4.39 Å². The van der Waals surface area contributed by atoms with Gasteiger partial charge >= 0.3 is 0 Å². The zero-order valence-electron chi connectivity index (χ0n) is 14.9. The zero-order valence-corrected chi connectivity index (χ0v) is 16.4. The molecule has 0 atom stereocenters. The van der Waals surface area contributed by atoms with E-state index >= 15 is 0 Å². The largest absolute Gasteiger partial charge is 0.493 e. The molecule has 0 saturated carbocycles. The minimum absolute atomic E-state index is 0.0141. The number of hydrogen-bond donors (Lipinski definition) is 2. The molecule has 2 N–H and O–H groups in total. The molecule has 2 rings (SSSR count). The maximum atomic E-state index is 13.9. The number of hydrogen-bond acceptors (Lipinski definition) is 4. The molecule has 0 amide bonds. The molecule has 0 aliphatic carbocycles. The average molecular weight is 401 g/mol. The Morgan fingerprint density at radius 3 is 2.58 bits per heavy atom. The van der Waals surface area contributed by atoms with Crippen molar-refractivity contribution < 1.29 is 13.9 Å². The molecular weight excluding hydrogens is 378 g/mol. The molecule has 0 spiro atoms. The maximum absolute atomic E-state index is 13.9. The Kier molecular flexibility index (Phi) is 8.45. The van der Waals surface area contributed by atoms with Crippen LogP contribution >= 0.6 is 23.2 Å². The highest BCUT2D eigenvalue weighted by Gasteiger charge is 2.13. The van der Waals surface area contributed by atoms with Crippen molar-refractivity contribution in [2.75, 3.05) is 27.2 Å². The number of ether oxygens (including phenoxy) is 2. The van der Waals surface area contributed by atoms with Crippen molar-refractivity contribution in [1.82, 2.24) is 10.6 Å². The van der Waals surface area contributed by atoms with E-state index in [4.69, 9.17) is 32.7 Å². The molecule has 0 saturated heterocycles. The first kappa shape index (κ1) is 20.8. The van der Waals surface area contributed by atoms with E-state index in [2.05, 4.69) is 10.6 Å². The van der Waals surface area contributed by atoms with Gasteiger partial charge in [-0.2, -0.15) is 0 Å². The zero-order chi connectivity index (χ0) is 18.9. The second-order valence-electron chi connectivity index (χ2n) is 5.72. The lowest BCUT2D eigenvalue weighted by Crippen LogP contribution is -2.19. The molecule has 0 fully saturated rings. The summed E-state index contributed by atoms with van der Waals surface area (Å²) in [6.45, 7) is 2.44. The summed E-state index contributed by atoms with van der Waals surface area (Å²) >= 11 is 12.4. The second kappa shape index (κ2) is 10.6. The summed E-state index contributed by atoms with van der Waals surface area (Å²) in [6.07, 6.45) is 1.02. The van der Waals surface area contributed by atoms with Crippen LogP contribution in [0.25, 0.3) is 0 Å². The van der Waals surface area contributed by atoms with Crippen LogP contribution in [0, 0.1) is 5.82 Å². The first-order valence-electron chi connectivity index (χ1n) is 8.34. The monoisotopic (exact) mass is 400 g/mol. The van der Waals surface area contributed by atoms with E-state index in [1.54, 1.807) is 25.3 Å². The van der Waals surface area contributed by atoms with E-state index in [0.717, 1.165) is 25.1 Å². The van der Waals surface area contributed by atoms with Gasteiger partial charge in [-0.25, -0.2) is 4.39 Å². The van der Waals surface area contributed by atoms with Gasteiger partial charge in [0.25, 0.3) is 0 Å². The first-order chi connectivity index (χ1) is 12.6. The molecule has 0 aliphatic rings. The third-order valence-electron chi connectivity index (χ3n) is 3.86. The van der Waals surface area contributed by atoms with E-state index in [-0.39, 0.29) is 6.61 Å². The number of benzene rings is 2. The Morgan fingerprint density at radius 2 is 1.88 bits per heavy atom. The summed E-state index contributed by atoms with van der Waals surface area (Å²) in [6, 6.07) is 8.02. The minimum atomic E-state index is -0.412. The third kappa shape index (κ3) is 5.74. The lowest BCUT2D eigenvalue weighted by Gasteiger charge is -2.15. The molecule has 0 bridgehead atoms. The summed E-state index contributed by atoms with van der Waals surface area (Å²) in [4.78, 5) is 0. The highest BCUT2D eigenvalue weighted by atomic mass is 35.5. The Hall–Kier alpha value is -1.53. The van der Waals surface area contributed by atoms with E-state index in [1.807, 2.05) is 13.1 Å². The normalized spacial score (nSPS) is 10.8. The molecule has 0 radical (unpaired) electrons. The van der Waals surface area contributed by atoms with Crippen LogP contribution in [-0.4, -0.2) is 27.2 Å². The van der Waals surface area contributed by atoms with Crippen molar-refractivity contribution in [3.63, 3.8) is 0 Å². The van der Waals surface area contributed by atoms with Gasteiger partial charge < -0.3 is 20.1 Å². The fourth-order valence-corrected chi connectivity index (χ4v) is 2.86. The Morgan fingerprint density at radius 1 is 1.08 bits per heavy atom. The fourth-order valence-electron chi connectivity index (χ4n) is 2.42. The van der Waals surface area contributed by atoms with Crippen LogP contribution < -0.4 is 20.1 Å². The predicted octanol–water partition coefficient (Wildman–Crippen LogP) is 4.42. The van der Waals surface area contributed by atoms with Gasteiger partial charge in [-0.3, -0.25) is 0 Å². The highest BCUT2D eigenvalue weighted by Crippen LogP contribution is 2.34. The summed E-state index contributed by atoms with van der Waals surface area (Å²) in [5, 5.41) is 7.31. The van der Waals surface area contributed by atoms with Crippen LogP contribution in [0.2, 0.25) is 10.0 Å². The van der Waals surface area contributed by atoms with Gasteiger partial charge in [-0.05, 0) is 50.3 Å². The van der Waals surface area contributed by atoms with E-state index in [0.29, 0.717) is 33.7 Å². The van der Waals surface area contributed by atoms with Crippen molar-refractivity contribution in [1.29, 1.82) is 0 Å². The minimum Gasteiger partial charge on any atom is -0.493 e. The van der Waals surface area contributed by atoms with Crippen LogP contribution in [0.15, 0.2) is 30.3 Å². The summed E-state index contributed by atoms with van der Waals surface area (Å²) in [7, 11) is 3.48. The van der Waals surface area contributed by atoms with Crippen molar-refractivity contribution in [2.45, 2.75) is 19.6 Å². The molecule has 0 heterocycles. The summed E-state index contributed by atoms with van der Waals surface area (Å²) in [5.74, 6) is 0.564. The number of rotatable bonds is 10. The lowest BCUT2D eigenvalue weighted by atomic mass is 10.2. The molecule has 26 heavy (non-hydrogen) atoms. The topological polar surface area (TPSA) is 42.5 Å². The van der Waals surface area contributed by atoms with E-state index < -0.39 is 5.82 Å². The Labute approximate surface area is 163 Å². The average Bonchev–Trinajstić information content (AvgIpc) is 2.62. The van der Waals surface area contributed by atoms with Gasteiger partial charge in [-0.15, -0.1) is 0 Å². The van der Waals surface area contributed by atoms with Gasteiger partial charge in [0.1, 0.15) is 12.4 Å². The second-order valence-corrected chi connectivity index (χ2v) is 6.53. The van der Waals surface area contributed by atoms with Crippen LogP contribution in [0.4, 0.5) is 4.39 Å². The van der Waals surface area contributed by atoms with Crippen LogP contribution in [0.3, 0.4) is 0 Å². The van der Waals surface area contributed by atoms with Gasteiger partial charge in [0.05, 0.1) is 12.1 Å². The number of methoxy groups -OCH3 is 1. The predicted molar refractivity (Wildman–Crippen MR) is 104 cm³/mol. The van der Waals surface area contributed by atoms with Gasteiger partial charge in [0.2, 0.25) is 0 Å². The number of halogens is 3. The van der Waals surface area contributed by atoms with Gasteiger partial charge in [0.15, 0.2) is 11.5 Å². The molecule has 2 aromatic carbocycles. The lowest BCUT2D eigenvalue weighted by molar-refractivity contribution is 0.279. The molecule has 0 aromatic heterocycles. The Bertz CT molecular complexity index is 709. The fraction of sp³-hybridized carbons (Fsp3) is 0.368. The smallest absolute Gasteiger partial charge is 0.163 e. The van der Waals surface area contributed by atoms with Crippen LogP contribution in [0.1, 0.15) is 17.5 Å². The summed E-state index contributed by atoms with van der Waals surface area (Å²) < 4.78 is 25.0. The van der Waals surface area contributed by atoms with Crippen molar-refractivity contribution >= 4 is 23.2 Å². The SMILES string of the molecule is CNCCCNCc1cc(OC)c(OCc2c(F)cccc2Cl)cc1Cl. The van der Waals surface area contributed by atoms with Crippen molar-refractivity contribution in [3.05, 3.63) is 57.3 Å². The maximum Gasteiger partial charge on any atom is 0.163 e. The summed E-state index contributed by atoms with van der Waals surface area (Å²) in [5.41, 5.74) is 1.20. The quantitative estimate of drug-likeness (QED) is 0.579. The Balaban J connectivity index is 2.06.